The Morgan fingerprint density at radius 1 is 1.38 bits per heavy atom. The second kappa shape index (κ2) is 5.21. The molecule has 0 N–H and O–H groups in total. The van der Waals surface area contributed by atoms with Gasteiger partial charge in [-0.15, -0.1) is 0 Å². The van der Waals surface area contributed by atoms with Crippen molar-refractivity contribution >= 4 is 0 Å². The Labute approximate surface area is 91.1 Å². The van der Waals surface area contributed by atoms with Crippen LogP contribution in [0.5, 0.6) is 11.5 Å². The Kier molecular flexibility index (Phi) is 4.98. The zero-order valence-corrected chi connectivity index (χ0v) is 8.68. The van der Waals surface area contributed by atoms with Crippen LogP contribution in [0.15, 0.2) is 12.1 Å². The van der Waals surface area contributed by atoms with Gasteiger partial charge in [-0.3, -0.25) is 0 Å². The minimum atomic E-state index is 0. The molecule has 1 aromatic rings. The molecule has 0 aromatic heterocycles. The summed E-state index contributed by atoms with van der Waals surface area (Å²) in [5, 5.41) is 11.5. The maximum absolute atomic E-state index is 11.5. The summed E-state index contributed by atoms with van der Waals surface area (Å²) in [6.45, 7) is 3.93. The maximum atomic E-state index is 11.5. The summed E-state index contributed by atoms with van der Waals surface area (Å²) in [5.74, 6) is 0.470. The molecule has 0 saturated carbocycles. The Hall–Kier alpha value is -0.583. The van der Waals surface area contributed by atoms with E-state index in [0.29, 0.717) is 5.75 Å². The second-order valence-corrected chi connectivity index (χ2v) is 2.81. The first-order chi connectivity index (χ1) is 5.69. The smallest absolute Gasteiger partial charge is 0.870 e. The zero-order valence-electron chi connectivity index (χ0n) is 8.68. The van der Waals surface area contributed by atoms with E-state index < -0.39 is 0 Å². The Morgan fingerprint density at radius 3 is 2.46 bits per heavy atom. The standard InChI is InChI=1S/C10H14O2.Li/c1-4-8-5-7(2)6-9(12-3)10(8)11;/h5-6,11H,4H2,1-3H3;/q;+1/p-1. The van der Waals surface area contributed by atoms with Crippen molar-refractivity contribution in [3.05, 3.63) is 23.3 Å². The number of methoxy groups -OCH3 is 1. The molecule has 13 heavy (non-hydrogen) atoms. The van der Waals surface area contributed by atoms with Crippen LogP contribution in [-0.4, -0.2) is 7.11 Å². The van der Waals surface area contributed by atoms with Crippen LogP contribution in [0.1, 0.15) is 18.1 Å². The van der Waals surface area contributed by atoms with Crippen LogP contribution < -0.4 is 28.7 Å². The van der Waals surface area contributed by atoms with Gasteiger partial charge < -0.3 is 9.84 Å². The van der Waals surface area contributed by atoms with E-state index in [-0.39, 0.29) is 24.6 Å². The van der Waals surface area contributed by atoms with Gasteiger partial charge >= 0.3 is 18.9 Å². The SMILES string of the molecule is CCc1cc(C)cc(OC)c1[O-].[Li+]. The summed E-state index contributed by atoms with van der Waals surface area (Å²) >= 11 is 0. The van der Waals surface area contributed by atoms with Gasteiger partial charge in [-0.25, -0.2) is 0 Å². The van der Waals surface area contributed by atoms with E-state index in [4.69, 9.17) is 4.74 Å². The van der Waals surface area contributed by atoms with Crippen LogP contribution in [0.25, 0.3) is 0 Å². The molecule has 0 atom stereocenters. The number of aryl methyl sites for hydroxylation is 2. The van der Waals surface area contributed by atoms with E-state index in [1.54, 1.807) is 6.07 Å². The molecule has 0 amide bonds. The average molecular weight is 172 g/mol. The van der Waals surface area contributed by atoms with E-state index >= 15 is 0 Å². The molecule has 0 unspecified atom stereocenters. The molecule has 66 valence electrons. The summed E-state index contributed by atoms with van der Waals surface area (Å²) in [7, 11) is 1.52. The number of benzene rings is 1. The average Bonchev–Trinajstić information content (AvgIpc) is 2.08. The van der Waals surface area contributed by atoms with Gasteiger partial charge in [0.2, 0.25) is 0 Å². The molecule has 0 radical (unpaired) electrons. The van der Waals surface area contributed by atoms with E-state index in [1.807, 2.05) is 19.9 Å². The van der Waals surface area contributed by atoms with E-state index in [2.05, 4.69) is 0 Å². The van der Waals surface area contributed by atoms with E-state index in [0.717, 1.165) is 17.5 Å². The molecule has 0 saturated heterocycles. The molecular weight excluding hydrogens is 159 g/mol. The molecule has 0 aliphatic carbocycles. The minimum Gasteiger partial charge on any atom is -0.870 e. The normalized spacial score (nSPS) is 9.15. The first-order valence-electron chi connectivity index (χ1n) is 4.03. The quantitative estimate of drug-likeness (QED) is 0.516. The van der Waals surface area contributed by atoms with Gasteiger partial charge in [0.05, 0.1) is 7.11 Å². The van der Waals surface area contributed by atoms with Crippen molar-refractivity contribution in [3.8, 4) is 11.5 Å². The molecule has 0 fully saturated rings. The molecule has 0 heterocycles. The number of rotatable bonds is 2. The fourth-order valence-corrected chi connectivity index (χ4v) is 1.23. The summed E-state index contributed by atoms with van der Waals surface area (Å²) in [4.78, 5) is 0. The van der Waals surface area contributed by atoms with Gasteiger partial charge in [0.25, 0.3) is 0 Å². The van der Waals surface area contributed by atoms with Crippen molar-refractivity contribution in [2.24, 2.45) is 0 Å². The van der Waals surface area contributed by atoms with Gasteiger partial charge in [0, 0.05) is 0 Å². The van der Waals surface area contributed by atoms with Crippen LogP contribution in [0.2, 0.25) is 0 Å². The van der Waals surface area contributed by atoms with Crippen LogP contribution in [0.4, 0.5) is 0 Å². The maximum Gasteiger partial charge on any atom is 1.00 e. The van der Waals surface area contributed by atoms with Crippen LogP contribution in [0.3, 0.4) is 0 Å². The number of hydrogen-bond donors (Lipinski definition) is 0. The first kappa shape index (κ1) is 12.4. The van der Waals surface area contributed by atoms with Crippen molar-refractivity contribution in [2.45, 2.75) is 20.3 Å². The molecule has 0 spiro atoms. The third-order valence-electron chi connectivity index (χ3n) is 1.88. The summed E-state index contributed by atoms with van der Waals surface area (Å²) in [6.07, 6.45) is 0.761. The Balaban J connectivity index is 0.00000144. The van der Waals surface area contributed by atoms with Gasteiger partial charge in [0.1, 0.15) is 5.75 Å². The monoisotopic (exact) mass is 172 g/mol. The van der Waals surface area contributed by atoms with E-state index in [1.165, 1.54) is 7.11 Å². The summed E-state index contributed by atoms with van der Waals surface area (Å²) < 4.78 is 4.96. The molecule has 0 aliphatic heterocycles. The third kappa shape index (κ3) is 2.69. The van der Waals surface area contributed by atoms with Crippen LogP contribution in [-0.2, 0) is 6.42 Å². The predicted molar refractivity (Wildman–Crippen MR) is 46.6 cm³/mol. The fraction of sp³-hybridized carbons (Fsp3) is 0.400. The first-order valence-corrected chi connectivity index (χ1v) is 4.03. The summed E-state index contributed by atoms with van der Waals surface area (Å²) in [6, 6.07) is 3.67. The minimum absolute atomic E-state index is 0. The zero-order chi connectivity index (χ0) is 9.14. The van der Waals surface area contributed by atoms with Gasteiger partial charge in [-0.1, -0.05) is 24.3 Å². The van der Waals surface area contributed by atoms with E-state index in [9.17, 15) is 5.11 Å². The summed E-state index contributed by atoms with van der Waals surface area (Å²) in [5.41, 5.74) is 1.90. The third-order valence-corrected chi connectivity index (χ3v) is 1.88. The van der Waals surface area contributed by atoms with Crippen molar-refractivity contribution < 1.29 is 28.7 Å². The Bertz CT molecular complexity index is 259. The van der Waals surface area contributed by atoms with Crippen molar-refractivity contribution in [3.63, 3.8) is 0 Å². The molecule has 2 nitrogen and oxygen atoms in total. The topological polar surface area (TPSA) is 32.3 Å². The number of ether oxygens (including phenoxy) is 1. The predicted octanol–water partition coefficient (Wildman–Crippen LogP) is -1.36. The molecular formula is C10H13LiO2. The van der Waals surface area contributed by atoms with Crippen molar-refractivity contribution in [1.82, 2.24) is 0 Å². The van der Waals surface area contributed by atoms with Crippen LogP contribution in [0, 0.1) is 6.92 Å². The van der Waals surface area contributed by atoms with Crippen molar-refractivity contribution in [1.29, 1.82) is 0 Å². The largest absolute Gasteiger partial charge is 1.00 e. The Morgan fingerprint density at radius 2 is 2.00 bits per heavy atom. The van der Waals surface area contributed by atoms with Crippen molar-refractivity contribution in [2.75, 3.05) is 7.11 Å². The van der Waals surface area contributed by atoms with Gasteiger partial charge in [-0.2, -0.15) is 0 Å². The van der Waals surface area contributed by atoms with Crippen LogP contribution >= 0.6 is 0 Å². The fourth-order valence-electron chi connectivity index (χ4n) is 1.23. The van der Waals surface area contributed by atoms with Gasteiger partial charge in [-0.05, 0) is 25.0 Å². The molecule has 0 bridgehead atoms. The molecule has 3 heteroatoms. The second-order valence-electron chi connectivity index (χ2n) is 2.81. The molecule has 0 aliphatic rings. The number of hydrogen-bond acceptors (Lipinski definition) is 2. The van der Waals surface area contributed by atoms with Gasteiger partial charge in [0.15, 0.2) is 0 Å². The molecule has 1 rings (SSSR count). The molecule has 1 aromatic carbocycles.